The first kappa shape index (κ1) is 11.0. The second kappa shape index (κ2) is 5.05. The van der Waals surface area contributed by atoms with Crippen molar-refractivity contribution in [2.24, 2.45) is 17.8 Å². The van der Waals surface area contributed by atoms with Crippen molar-refractivity contribution in [1.29, 1.82) is 0 Å². The van der Waals surface area contributed by atoms with Crippen molar-refractivity contribution < 1.29 is 4.74 Å². The molecule has 3 rings (SSSR count). The van der Waals surface area contributed by atoms with Crippen LogP contribution in [0.4, 0.5) is 0 Å². The minimum absolute atomic E-state index is 0.593. The zero-order chi connectivity index (χ0) is 10.8. The second-order valence-corrected chi connectivity index (χ2v) is 5.94. The average molecular weight is 223 g/mol. The monoisotopic (exact) mass is 223 g/mol. The molecule has 2 heteroatoms. The molecule has 92 valence electrons. The molecule has 0 amide bonds. The van der Waals surface area contributed by atoms with Gasteiger partial charge in [-0.25, -0.2) is 0 Å². The molecule has 3 fully saturated rings. The highest BCUT2D eigenvalue weighted by molar-refractivity contribution is 4.91. The fourth-order valence-electron chi connectivity index (χ4n) is 4.12. The first-order valence-corrected chi connectivity index (χ1v) is 7.27. The minimum Gasteiger partial charge on any atom is -0.378 e. The van der Waals surface area contributed by atoms with Crippen molar-refractivity contribution in [3.63, 3.8) is 0 Å². The number of nitrogens with one attached hydrogen (secondary N) is 1. The summed E-state index contributed by atoms with van der Waals surface area (Å²) in [5.41, 5.74) is 0. The van der Waals surface area contributed by atoms with Gasteiger partial charge in [-0.3, -0.25) is 0 Å². The van der Waals surface area contributed by atoms with Gasteiger partial charge in [0.1, 0.15) is 0 Å². The molecule has 0 radical (unpaired) electrons. The van der Waals surface area contributed by atoms with E-state index in [0.717, 1.165) is 24.4 Å². The van der Waals surface area contributed by atoms with Gasteiger partial charge in [0.05, 0.1) is 6.10 Å². The van der Waals surface area contributed by atoms with E-state index in [1.807, 2.05) is 0 Å². The Morgan fingerprint density at radius 2 is 1.69 bits per heavy atom. The summed E-state index contributed by atoms with van der Waals surface area (Å²) in [4.78, 5) is 0. The summed E-state index contributed by atoms with van der Waals surface area (Å²) < 4.78 is 6.15. The predicted octanol–water partition coefficient (Wildman–Crippen LogP) is 2.58. The third kappa shape index (κ3) is 2.14. The maximum atomic E-state index is 6.15. The van der Waals surface area contributed by atoms with Gasteiger partial charge in [-0.1, -0.05) is 25.7 Å². The number of rotatable bonds is 0. The smallest absolute Gasteiger partial charge is 0.0606 e. The zero-order valence-electron chi connectivity index (χ0n) is 10.3. The van der Waals surface area contributed by atoms with Gasteiger partial charge in [-0.15, -0.1) is 0 Å². The largest absolute Gasteiger partial charge is 0.378 e. The Morgan fingerprint density at radius 3 is 2.62 bits per heavy atom. The molecule has 4 unspecified atom stereocenters. The third-order valence-electron chi connectivity index (χ3n) is 5.02. The van der Waals surface area contributed by atoms with Gasteiger partial charge in [0.25, 0.3) is 0 Å². The molecule has 16 heavy (non-hydrogen) atoms. The molecule has 1 saturated carbocycles. The molecule has 2 heterocycles. The summed E-state index contributed by atoms with van der Waals surface area (Å²) in [5.74, 6) is 2.70. The van der Waals surface area contributed by atoms with Crippen molar-refractivity contribution in [3.05, 3.63) is 0 Å². The summed E-state index contributed by atoms with van der Waals surface area (Å²) in [7, 11) is 0. The van der Waals surface area contributed by atoms with Crippen LogP contribution >= 0.6 is 0 Å². The first-order valence-electron chi connectivity index (χ1n) is 7.27. The van der Waals surface area contributed by atoms with Crippen LogP contribution < -0.4 is 5.32 Å². The summed E-state index contributed by atoms with van der Waals surface area (Å²) >= 11 is 0. The lowest BCUT2D eigenvalue weighted by atomic mass is 9.75. The number of hydrogen-bond donors (Lipinski definition) is 1. The molecule has 0 aromatic rings. The van der Waals surface area contributed by atoms with Crippen molar-refractivity contribution in [3.8, 4) is 0 Å². The molecule has 0 bridgehead atoms. The van der Waals surface area contributed by atoms with Crippen molar-refractivity contribution >= 4 is 0 Å². The van der Waals surface area contributed by atoms with Crippen LogP contribution in [0.25, 0.3) is 0 Å². The highest BCUT2D eigenvalue weighted by Gasteiger charge is 2.39. The minimum atomic E-state index is 0.593. The van der Waals surface area contributed by atoms with Crippen LogP contribution in [-0.2, 0) is 4.74 Å². The summed E-state index contributed by atoms with van der Waals surface area (Å²) in [5, 5.41) is 3.61. The van der Waals surface area contributed by atoms with Crippen LogP contribution in [0, 0.1) is 17.8 Å². The number of hydrogen-bond acceptors (Lipinski definition) is 2. The molecule has 2 saturated heterocycles. The van der Waals surface area contributed by atoms with Crippen LogP contribution in [0.3, 0.4) is 0 Å². The van der Waals surface area contributed by atoms with Crippen molar-refractivity contribution in [2.75, 3.05) is 19.7 Å². The molecule has 0 aromatic heterocycles. The fourth-order valence-corrected chi connectivity index (χ4v) is 4.12. The Bertz CT molecular complexity index is 229. The molecule has 0 spiro atoms. The van der Waals surface area contributed by atoms with Gasteiger partial charge < -0.3 is 10.1 Å². The predicted molar refractivity (Wildman–Crippen MR) is 65.4 cm³/mol. The van der Waals surface area contributed by atoms with Crippen molar-refractivity contribution in [1.82, 2.24) is 5.32 Å². The topological polar surface area (TPSA) is 21.3 Å². The Labute approximate surface area is 99.1 Å². The summed E-state index contributed by atoms with van der Waals surface area (Å²) in [6, 6.07) is 0. The van der Waals surface area contributed by atoms with Crippen LogP contribution in [0.5, 0.6) is 0 Å². The van der Waals surface area contributed by atoms with E-state index in [0.29, 0.717) is 6.10 Å². The zero-order valence-corrected chi connectivity index (χ0v) is 10.3. The van der Waals surface area contributed by atoms with Gasteiger partial charge in [-0.2, -0.15) is 0 Å². The van der Waals surface area contributed by atoms with E-state index >= 15 is 0 Å². The van der Waals surface area contributed by atoms with Crippen LogP contribution in [0.15, 0.2) is 0 Å². The van der Waals surface area contributed by atoms with Gasteiger partial charge in [-0.05, 0) is 50.1 Å². The molecule has 3 aliphatic rings. The number of ether oxygens (including phenoxy) is 1. The van der Waals surface area contributed by atoms with Gasteiger partial charge in [0, 0.05) is 6.61 Å². The van der Waals surface area contributed by atoms with E-state index in [-0.39, 0.29) is 0 Å². The molecule has 1 aliphatic carbocycles. The van der Waals surface area contributed by atoms with E-state index in [2.05, 4.69) is 5.32 Å². The third-order valence-corrected chi connectivity index (χ3v) is 5.02. The van der Waals surface area contributed by atoms with E-state index in [9.17, 15) is 0 Å². The average Bonchev–Trinajstić information content (AvgIpc) is 2.64. The quantitative estimate of drug-likeness (QED) is 0.681. The van der Waals surface area contributed by atoms with Gasteiger partial charge in [0.15, 0.2) is 0 Å². The molecule has 1 N–H and O–H groups in total. The Balaban J connectivity index is 1.75. The SMILES string of the molecule is C1CCCC2C(CC1)OCCC1CNCC12. The maximum Gasteiger partial charge on any atom is 0.0606 e. The van der Waals surface area contributed by atoms with Gasteiger partial charge in [0.2, 0.25) is 0 Å². The second-order valence-electron chi connectivity index (χ2n) is 5.94. The lowest BCUT2D eigenvalue weighted by Crippen LogP contribution is -2.32. The van der Waals surface area contributed by atoms with E-state index in [1.54, 1.807) is 0 Å². The van der Waals surface area contributed by atoms with Crippen molar-refractivity contribution in [2.45, 2.75) is 51.0 Å². The van der Waals surface area contributed by atoms with Crippen LogP contribution in [0.1, 0.15) is 44.9 Å². The molecule has 2 nitrogen and oxygen atoms in total. The molecule has 2 aliphatic heterocycles. The lowest BCUT2D eigenvalue weighted by Gasteiger charge is -2.32. The first-order chi connectivity index (χ1) is 7.95. The molecule has 4 atom stereocenters. The van der Waals surface area contributed by atoms with E-state index in [4.69, 9.17) is 4.74 Å². The van der Waals surface area contributed by atoms with Gasteiger partial charge >= 0.3 is 0 Å². The Morgan fingerprint density at radius 1 is 0.812 bits per heavy atom. The Kier molecular flexibility index (Phi) is 3.49. The highest BCUT2D eigenvalue weighted by atomic mass is 16.5. The normalized spacial score (nSPS) is 45.0. The highest BCUT2D eigenvalue weighted by Crippen LogP contribution is 2.39. The van der Waals surface area contributed by atoms with E-state index in [1.165, 1.54) is 58.0 Å². The number of fused-ring (bicyclic) bond motifs is 3. The Hall–Kier alpha value is -0.0800. The van der Waals surface area contributed by atoms with Crippen LogP contribution in [0.2, 0.25) is 0 Å². The molecular formula is C14H25NO. The van der Waals surface area contributed by atoms with Crippen LogP contribution in [-0.4, -0.2) is 25.8 Å². The molecular weight excluding hydrogens is 198 g/mol. The molecule has 0 aromatic carbocycles. The lowest BCUT2D eigenvalue weighted by molar-refractivity contribution is 0.000162. The summed E-state index contributed by atoms with van der Waals surface area (Å²) in [6.07, 6.45) is 10.4. The summed E-state index contributed by atoms with van der Waals surface area (Å²) in [6.45, 7) is 3.52. The fraction of sp³-hybridized carbons (Fsp3) is 1.00. The van der Waals surface area contributed by atoms with E-state index < -0.39 is 0 Å². The standard InChI is InChI=1S/C14H25NO/c1-2-4-6-14-12(5-3-1)13-10-15-9-11(13)7-8-16-14/h11-15H,1-10H2. The maximum absolute atomic E-state index is 6.15.